The fourth-order valence-electron chi connectivity index (χ4n) is 5.26. The Labute approximate surface area is 107 Å². The monoisotopic (exact) mass is 238 g/mol. The van der Waals surface area contributed by atoms with E-state index in [-0.39, 0.29) is 0 Å². The molecule has 0 aromatic carbocycles. The largest absolute Gasteiger partial charge is 0.396 e. The first kappa shape index (κ1) is 13.4. The van der Waals surface area contributed by atoms with E-state index in [1.54, 1.807) is 0 Å². The summed E-state index contributed by atoms with van der Waals surface area (Å²) < 4.78 is 0. The van der Waals surface area contributed by atoms with Gasteiger partial charge < -0.3 is 5.11 Å². The minimum absolute atomic E-state index is 0.370. The molecule has 0 aromatic rings. The van der Waals surface area contributed by atoms with E-state index in [1.165, 1.54) is 32.1 Å². The van der Waals surface area contributed by atoms with E-state index in [2.05, 4.69) is 27.7 Å². The van der Waals surface area contributed by atoms with Crippen molar-refractivity contribution in [1.82, 2.24) is 0 Å². The first-order valence-electron chi connectivity index (χ1n) is 7.52. The second-order valence-corrected chi connectivity index (χ2v) is 7.74. The Balaban J connectivity index is 2.07. The Hall–Kier alpha value is -0.0400. The molecule has 2 aliphatic rings. The van der Waals surface area contributed by atoms with Crippen molar-refractivity contribution in [2.75, 3.05) is 6.61 Å². The Bertz CT molecular complexity index is 263. The molecule has 2 fully saturated rings. The summed E-state index contributed by atoms with van der Waals surface area (Å²) in [5.74, 6) is 2.69. The zero-order valence-corrected chi connectivity index (χ0v) is 12.1. The van der Waals surface area contributed by atoms with Gasteiger partial charge in [-0.15, -0.1) is 0 Å². The predicted octanol–water partition coefficient (Wildman–Crippen LogP) is 4.25. The Morgan fingerprint density at radius 2 is 1.88 bits per heavy atom. The zero-order valence-electron chi connectivity index (χ0n) is 12.1. The Kier molecular flexibility index (Phi) is 3.60. The molecule has 0 unspecified atom stereocenters. The number of rotatable bonds is 3. The van der Waals surface area contributed by atoms with Gasteiger partial charge in [-0.3, -0.25) is 0 Å². The lowest BCUT2D eigenvalue weighted by Gasteiger charge is -2.62. The van der Waals surface area contributed by atoms with Gasteiger partial charge in [0, 0.05) is 6.61 Å². The predicted molar refractivity (Wildman–Crippen MR) is 72.8 cm³/mol. The maximum atomic E-state index is 9.18. The highest BCUT2D eigenvalue weighted by atomic mass is 16.3. The molecule has 1 spiro atoms. The van der Waals surface area contributed by atoms with Crippen LogP contribution in [0.4, 0.5) is 0 Å². The van der Waals surface area contributed by atoms with Crippen LogP contribution >= 0.6 is 0 Å². The Morgan fingerprint density at radius 1 is 1.24 bits per heavy atom. The summed E-state index contributed by atoms with van der Waals surface area (Å²) in [6.07, 6.45) is 8.06. The number of hydrogen-bond acceptors (Lipinski definition) is 1. The SMILES string of the molecule is CC(C)[C@@H]1CC[C@@H](C)CC12CC(C)(CCO)C2. The molecule has 0 heterocycles. The van der Waals surface area contributed by atoms with Gasteiger partial charge in [0.25, 0.3) is 0 Å². The van der Waals surface area contributed by atoms with E-state index in [0.29, 0.717) is 17.4 Å². The van der Waals surface area contributed by atoms with Crippen LogP contribution in [0.3, 0.4) is 0 Å². The number of aliphatic hydroxyl groups is 1. The third kappa shape index (κ3) is 2.41. The van der Waals surface area contributed by atoms with Gasteiger partial charge in [0.05, 0.1) is 0 Å². The van der Waals surface area contributed by atoms with Crippen LogP contribution in [0, 0.1) is 28.6 Å². The van der Waals surface area contributed by atoms with Crippen molar-refractivity contribution in [3.05, 3.63) is 0 Å². The molecule has 2 saturated carbocycles. The van der Waals surface area contributed by atoms with E-state index in [1.807, 2.05) is 0 Å². The fourth-order valence-corrected chi connectivity index (χ4v) is 5.26. The van der Waals surface area contributed by atoms with Crippen LogP contribution in [0.2, 0.25) is 0 Å². The van der Waals surface area contributed by atoms with Crippen molar-refractivity contribution in [2.24, 2.45) is 28.6 Å². The average molecular weight is 238 g/mol. The highest BCUT2D eigenvalue weighted by Gasteiger charge is 2.56. The van der Waals surface area contributed by atoms with Crippen LogP contribution in [0.5, 0.6) is 0 Å². The van der Waals surface area contributed by atoms with Crippen molar-refractivity contribution < 1.29 is 5.11 Å². The van der Waals surface area contributed by atoms with Gasteiger partial charge >= 0.3 is 0 Å². The van der Waals surface area contributed by atoms with Gasteiger partial charge in [0.15, 0.2) is 0 Å². The van der Waals surface area contributed by atoms with Gasteiger partial charge in [-0.1, -0.05) is 34.1 Å². The van der Waals surface area contributed by atoms with Gasteiger partial charge in [-0.05, 0) is 60.7 Å². The summed E-state index contributed by atoms with van der Waals surface area (Å²) in [5, 5.41) is 9.18. The lowest BCUT2D eigenvalue weighted by Crippen LogP contribution is -2.53. The first-order chi connectivity index (χ1) is 7.91. The van der Waals surface area contributed by atoms with Crippen LogP contribution in [0.25, 0.3) is 0 Å². The minimum atomic E-state index is 0.370. The van der Waals surface area contributed by atoms with E-state index < -0.39 is 0 Å². The molecule has 100 valence electrons. The third-order valence-corrected chi connectivity index (χ3v) is 5.59. The van der Waals surface area contributed by atoms with E-state index in [4.69, 9.17) is 0 Å². The smallest absolute Gasteiger partial charge is 0.0436 e. The molecular weight excluding hydrogens is 208 g/mol. The van der Waals surface area contributed by atoms with Crippen LogP contribution in [-0.2, 0) is 0 Å². The molecule has 0 bridgehead atoms. The molecule has 0 amide bonds. The van der Waals surface area contributed by atoms with Crippen molar-refractivity contribution in [1.29, 1.82) is 0 Å². The van der Waals surface area contributed by atoms with Crippen molar-refractivity contribution in [3.63, 3.8) is 0 Å². The van der Waals surface area contributed by atoms with Crippen LogP contribution in [0.15, 0.2) is 0 Å². The fraction of sp³-hybridized carbons (Fsp3) is 1.00. The Morgan fingerprint density at radius 3 is 2.41 bits per heavy atom. The molecule has 2 atom stereocenters. The molecule has 2 aliphatic carbocycles. The molecule has 2 rings (SSSR count). The topological polar surface area (TPSA) is 20.2 Å². The van der Waals surface area contributed by atoms with Crippen molar-refractivity contribution in [2.45, 2.75) is 66.2 Å². The summed E-state index contributed by atoms with van der Waals surface area (Å²) in [6.45, 7) is 9.99. The molecule has 0 aromatic heterocycles. The highest BCUT2D eigenvalue weighted by molar-refractivity contribution is 5.06. The van der Waals surface area contributed by atoms with Crippen molar-refractivity contribution >= 4 is 0 Å². The summed E-state index contributed by atoms with van der Waals surface area (Å²) in [7, 11) is 0. The number of aliphatic hydroxyl groups excluding tert-OH is 1. The van der Waals surface area contributed by atoms with E-state index in [0.717, 1.165) is 24.2 Å². The molecule has 1 nitrogen and oxygen atoms in total. The molecule has 0 saturated heterocycles. The second-order valence-electron chi connectivity index (χ2n) is 7.74. The maximum Gasteiger partial charge on any atom is 0.0436 e. The average Bonchev–Trinajstić information content (AvgIpc) is 2.14. The summed E-state index contributed by atoms with van der Waals surface area (Å²) >= 11 is 0. The van der Waals surface area contributed by atoms with Crippen LogP contribution < -0.4 is 0 Å². The molecule has 1 N–H and O–H groups in total. The second kappa shape index (κ2) is 4.57. The van der Waals surface area contributed by atoms with Gasteiger partial charge in [0.2, 0.25) is 0 Å². The molecule has 17 heavy (non-hydrogen) atoms. The lowest BCUT2D eigenvalue weighted by atomic mass is 9.42. The maximum absolute atomic E-state index is 9.18. The quantitative estimate of drug-likeness (QED) is 0.779. The minimum Gasteiger partial charge on any atom is -0.396 e. The summed E-state index contributed by atoms with van der Waals surface area (Å²) in [5.41, 5.74) is 1.08. The lowest BCUT2D eigenvalue weighted by molar-refractivity contribution is -0.129. The van der Waals surface area contributed by atoms with Crippen molar-refractivity contribution in [3.8, 4) is 0 Å². The molecule has 0 radical (unpaired) electrons. The first-order valence-corrected chi connectivity index (χ1v) is 7.52. The standard InChI is InChI=1S/C16H30O/c1-12(2)14-6-5-13(3)9-16(14)10-15(4,11-16)7-8-17/h12-14,17H,5-11H2,1-4H3/t13-,14+,15?,16?/m1/s1. The molecule has 0 aliphatic heterocycles. The zero-order chi connectivity index (χ0) is 12.7. The van der Waals surface area contributed by atoms with E-state index in [9.17, 15) is 5.11 Å². The molecular formula is C16H30O. The summed E-state index contributed by atoms with van der Waals surface area (Å²) in [4.78, 5) is 0. The van der Waals surface area contributed by atoms with E-state index >= 15 is 0 Å². The third-order valence-electron chi connectivity index (χ3n) is 5.59. The van der Waals surface area contributed by atoms with Crippen LogP contribution in [-0.4, -0.2) is 11.7 Å². The van der Waals surface area contributed by atoms with Gasteiger partial charge in [-0.25, -0.2) is 0 Å². The molecule has 1 heteroatoms. The van der Waals surface area contributed by atoms with Gasteiger partial charge in [-0.2, -0.15) is 0 Å². The highest BCUT2D eigenvalue weighted by Crippen LogP contribution is 2.66. The summed E-state index contributed by atoms with van der Waals surface area (Å²) in [6, 6.07) is 0. The normalized spacial score (nSPS) is 46.2. The van der Waals surface area contributed by atoms with Gasteiger partial charge in [0.1, 0.15) is 0 Å². The van der Waals surface area contributed by atoms with Crippen LogP contribution in [0.1, 0.15) is 66.2 Å². The number of hydrogen-bond donors (Lipinski definition) is 1.